The van der Waals surface area contributed by atoms with Gasteiger partial charge in [0, 0.05) is 37.4 Å². The summed E-state index contributed by atoms with van der Waals surface area (Å²) in [5.41, 5.74) is 1.34. The van der Waals surface area contributed by atoms with Crippen molar-refractivity contribution >= 4 is 41.3 Å². The summed E-state index contributed by atoms with van der Waals surface area (Å²) < 4.78 is 2.20. The average Bonchev–Trinajstić information content (AvgIpc) is 3.39. The van der Waals surface area contributed by atoms with E-state index in [4.69, 9.17) is 0 Å². The van der Waals surface area contributed by atoms with Crippen molar-refractivity contribution in [3.8, 4) is 0 Å². The van der Waals surface area contributed by atoms with Crippen molar-refractivity contribution in [2.45, 2.75) is 32.9 Å². The molecule has 0 aliphatic carbocycles. The molecule has 0 aliphatic rings. The fraction of sp³-hybridized carbons (Fsp3) is 0.364. The van der Waals surface area contributed by atoms with Gasteiger partial charge in [-0.1, -0.05) is 43.3 Å². The van der Waals surface area contributed by atoms with Gasteiger partial charge in [-0.25, -0.2) is 4.98 Å². The molecular weight excluding hydrogens is 493 g/mol. The number of hydrogen-bond acceptors (Lipinski definition) is 3. The molecule has 0 aliphatic heterocycles. The number of hydrogen-bond donors (Lipinski definition) is 2. The van der Waals surface area contributed by atoms with Gasteiger partial charge in [-0.2, -0.15) is 0 Å². The standard InChI is InChI=1S/C22H29N5S.HI/c1-18(15-20-9-6-14-28-20)16-25-22(23-2)26-17-21-24-11-13-27(21)12-10-19-7-4-3-5-8-19;/h3-9,11,13-14,18H,10,12,15-17H2,1-2H3,(H2,23,25,26);1H. The summed E-state index contributed by atoms with van der Waals surface area (Å²) in [7, 11) is 1.81. The van der Waals surface area contributed by atoms with E-state index in [-0.39, 0.29) is 24.0 Å². The molecule has 0 amide bonds. The molecule has 3 rings (SSSR count). The lowest BCUT2D eigenvalue weighted by molar-refractivity contribution is 0.559. The molecule has 0 saturated heterocycles. The molecule has 3 aromatic rings. The summed E-state index contributed by atoms with van der Waals surface area (Å²) in [6, 6.07) is 14.9. The summed E-state index contributed by atoms with van der Waals surface area (Å²) in [6.07, 6.45) is 5.99. The van der Waals surface area contributed by atoms with E-state index in [2.05, 4.69) is 79.9 Å². The maximum Gasteiger partial charge on any atom is 0.191 e. The molecule has 29 heavy (non-hydrogen) atoms. The lowest BCUT2D eigenvalue weighted by Gasteiger charge is -2.16. The highest BCUT2D eigenvalue weighted by Crippen LogP contribution is 2.13. The SMILES string of the molecule is CN=C(NCc1nccn1CCc1ccccc1)NCC(C)Cc1cccs1.I. The van der Waals surface area contributed by atoms with Gasteiger partial charge in [0.05, 0.1) is 6.54 Å². The van der Waals surface area contributed by atoms with Crippen LogP contribution in [-0.2, 0) is 25.9 Å². The first-order chi connectivity index (χ1) is 13.7. The Labute approximate surface area is 194 Å². The Morgan fingerprint density at radius 2 is 2.00 bits per heavy atom. The Morgan fingerprint density at radius 3 is 2.72 bits per heavy atom. The Hall–Kier alpha value is -1.87. The van der Waals surface area contributed by atoms with E-state index >= 15 is 0 Å². The van der Waals surface area contributed by atoms with Gasteiger partial charge in [-0.15, -0.1) is 35.3 Å². The van der Waals surface area contributed by atoms with Crippen LogP contribution in [-0.4, -0.2) is 29.1 Å². The van der Waals surface area contributed by atoms with Crippen LogP contribution < -0.4 is 10.6 Å². The predicted octanol–water partition coefficient (Wildman–Crippen LogP) is 4.35. The molecule has 0 saturated carbocycles. The number of nitrogens with one attached hydrogen (secondary N) is 2. The maximum absolute atomic E-state index is 4.50. The molecular formula is C22H30IN5S. The summed E-state index contributed by atoms with van der Waals surface area (Å²) in [6.45, 7) is 4.72. The Bertz CT molecular complexity index is 845. The van der Waals surface area contributed by atoms with Gasteiger partial charge in [-0.3, -0.25) is 4.99 Å². The predicted molar refractivity (Wildman–Crippen MR) is 133 cm³/mol. The number of halogens is 1. The fourth-order valence-corrected chi connectivity index (χ4v) is 3.97. The van der Waals surface area contributed by atoms with E-state index in [9.17, 15) is 0 Å². The fourth-order valence-electron chi connectivity index (χ4n) is 3.10. The van der Waals surface area contributed by atoms with Crippen molar-refractivity contribution in [1.29, 1.82) is 0 Å². The quantitative estimate of drug-likeness (QED) is 0.249. The largest absolute Gasteiger partial charge is 0.356 e. The lowest BCUT2D eigenvalue weighted by atomic mass is 10.1. The molecule has 2 heterocycles. The molecule has 5 nitrogen and oxygen atoms in total. The Balaban J connectivity index is 0.00000300. The zero-order chi connectivity index (χ0) is 19.6. The number of benzene rings is 1. The van der Waals surface area contributed by atoms with Crippen LogP contribution in [0.25, 0.3) is 0 Å². The van der Waals surface area contributed by atoms with Crippen LogP contribution in [0.15, 0.2) is 65.2 Å². The van der Waals surface area contributed by atoms with Crippen molar-refractivity contribution < 1.29 is 0 Å². The van der Waals surface area contributed by atoms with Crippen molar-refractivity contribution in [3.05, 3.63) is 76.5 Å². The second-order valence-electron chi connectivity index (χ2n) is 6.97. The highest BCUT2D eigenvalue weighted by Gasteiger charge is 2.08. The average molecular weight is 523 g/mol. The first kappa shape index (κ1) is 23.4. The summed E-state index contributed by atoms with van der Waals surface area (Å²) in [4.78, 5) is 10.3. The number of imidazole rings is 1. The van der Waals surface area contributed by atoms with Gasteiger partial charge < -0.3 is 15.2 Å². The molecule has 2 N–H and O–H groups in total. The minimum absolute atomic E-state index is 0. The molecule has 7 heteroatoms. The van der Waals surface area contributed by atoms with Crippen LogP contribution in [0.3, 0.4) is 0 Å². The minimum Gasteiger partial charge on any atom is -0.356 e. The number of aliphatic imine (C=N–C) groups is 1. The normalized spacial score (nSPS) is 12.3. The van der Waals surface area contributed by atoms with Crippen LogP contribution in [0.5, 0.6) is 0 Å². The number of thiophene rings is 1. The van der Waals surface area contributed by atoms with Crippen LogP contribution in [0.4, 0.5) is 0 Å². The van der Waals surface area contributed by atoms with Crippen LogP contribution in [0.1, 0.15) is 23.2 Å². The third-order valence-corrected chi connectivity index (χ3v) is 5.57. The van der Waals surface area contributed by atoms with E-state index in [1.807, 2.05) is 23.7 Å². The number of aromatic nitrogens is 2. The van der Waals surface area contributed by atoms with Gasteiger partial charge in [0.2, 0.25) is 0 Å². The van der Waals surface area contributed by atoms with E-state index in [0.29, 0.717) is 12.5 Å². The number of aryl methyl sites for hydroxylation is 2. The van der Waals surface area contributed by atoms with Gasteiger partial charge in [0.15, 0.2) is 5.96 Å². The van der Waals surface area contributed by atoms with Gasteiger partial charge in [0.1, 0.15) is 5.82 Å². The van der Waals surface area contributed by atoms with Crippen molar-refractivity contribution in [3.63, 3.8) is 0 Å². The molecule has 156 valence electrons. The first-order valence-corrected chi connectivity index (χ1v) is 10.6. The maximum atomic E-state index is 4.50. The van der Waals surface area contributed by atoms with E-state index < -0.39 is 0 Å². The van der Waals surface area contributed by atoms with E-state index in [0.717, 1.165) is 37.7 Å². The minimum atomic E-state index is 0. The van der Waals surface area contributed by atoms with Gasteiger partial charge >= 0.3 is 0 Å². The molecule has 1 aromatic carbocycles. The second-order valence-corrected chi connectivity index (χ2v) is 8.00. The zero-order valence-corrected chi connectivity index (χ0v) is 20.2. The van der Waals surface area contributed by atoms with Gasteiger partial charge in [0.25, 0.3) is 0 Å². The summed E-state index contributed by atoms with van der Waals surface area (Å²) >= 11 is 1.82. The topological polar surface area (TPSA) is 54.2 Å². The number of nitrogens with zero attached hydrogens (tertiary/aromatic N) is 3. The lowest BCUT2D eigenvalue weighted by Crippen LogP contribution is -2.39. The molecule has 1 atom stereocenters. The second kappa shape index (κ2) is 12.6. The van der Waals surface area contributed by atoms with Crippen molar-refractivity contribution in [2.75, 3.05) is 13.6 Å². The van der Waals surface area contributed by atoms with Crippen LogP contribution in [0.2, 0.25) is 0 Å². The summed E-state index contributed by atoms with van der Waals surface area (Å²) in [5.74, 6) is 2.38. The smallest absolute Gasteiger partial charge is 0.191 e. The van der Waals surface area contributed by atoms with Crippen LogP contribution in [0, 0.1) is 5.92 Å². The Morgan fingerprint density at radius 1 is 1.17 bits per heavy atom. The highest BCUT2D eigenvalue weighted by atomic mass is 127. The van der Waals surface area contributed by atoms with E-state index in [1.54, 1.807) is 7.05 Å². The van der Waals surface area contributed by atoms with Crippen LogP contribution >= 0.6 is 35.3 Å². The number of rotatable bonds is 9. The Kier molecular flexibility index (Phi) is 10.2. The number of guanidine groups is 1. The molecule has 0 fully saturated rings. The molecule has 0 bridgehead atoms. The molecule has 0 spiro atoms. The van der Waals surface area contributed by atoms with Gasteiger partial charge in [-0.05, 0) is 35.8 Å². The highest BCUT2D eigenvalue weighted by molar-refractivity contribution is 14.0. The first-order valence-electron chi connectivity index (χ1n) is 9.75. The molecule has 2 aromatic heterocycles. The zero-order valence-electron chi connectivity index (χ0n) is 17.0. The summed E-state index contributed by atoms with van der Waals surface area (Å²) in [5, 5.41) is 8.95. The monoisotopic (exact) mass is 523 g/mol. The van der Waals surface area contributed by atoms with Crippen molar-refractivity contribution in [2.24, 2.45) is 10.9 Å². The van der Waals surface area contributed by atoms with E-state index in [1.165, 1.54) is 10.4 Å². The van der Waals surface area contributed by atoms with Crippen molar-refractivity contribution in [1.82, 2.24) is 20.2 Å². The molecule has 0 radical (unpaired) electrons. The molecule has 1 unspecified atom stereocenters. The third kappa shape index (κ3) is 7.81. The third-order valence-electron chi connectivity index (χ3n) is 4.67.